The highest BCUT2D eigenvalue weighted by atomic mass is 16.5. The van der Waals surface area contributed by atoms with Gasteiger partial charge in [-0.05, 0) is 33.1 Å². The van der Waals surface area contributed by atoms with E-state index in [9.17, 15) is 9.90 Å². The lowest BCUT2D eigenvalue weighted by Crippen LogP contribution is -2.58. The number of aliphatic hydroxyl groups is 1. The Morgan fingerprint density at radius 2 is 2.11 bits per heavy atom. The van der Waals surface area contributed by atoms with Gasteiger partial charge in [0.15, 0.2) is 0 Å². The summed E-state index contributed by atoms with van der Waals surface area (Å²) >= 11 is 0. The summed E-state index contributed by atoms with van der Waals surface area (Å²) < 4.78 is 5.26. The molecule has 2 aliphatic rings. The Kier molecular flexibility index (Phi) is 3.70. The molecule has 1 saturated heterocycles. The quantitative estimate of drug-likeness (QED) is 0.814. The van der Waals surface area contributed by atoms with Gasteiger partial charge in [0.1, 0.15) is 5.60 Å². The van der Waals surface area contributed by atoms with Crippen LogP contribution in [0.3, 0.4) is 0 Å². The van der Waals surface area contributed by atoms with Crippen LogP contribution in [0, 0.1) is 5.92 Å². The molecule has 0 radical (unpaired) electrons. The van der Waals surface area contributed by atoms with Gasteiger partial charge in [-0.1, -0.05) is 12.8 Å². The molecule has 0 aromatic carbocycles. The summed E-state index contributed by atoms with van der Waals surface area (Å²) in [5.41, 5.74) is -1.28. The minimum atomic E-state index is -0.760. The second-order valence-corrected chi connectivity index (χ2v) is 6.26. The number of carbonyl (C=O) groups is 1. The summed E-state index contributed by atoms with van der Waals surface area (Å²) in [5.74, 6) is 0.286. The van der Waals surface area contributed by atoms with Gasteiger partial charge in [-0.25, -0.2) is 0 Å². The van der Waals surface area contributed by atoms with Crippen LogP contribution >= 0.6 is 0 Å². The number of rotatable bonds is 2. The zero-order valence-corrected chi connectivity index (χ0v) is 11.7. The third-order valence-electron chi connectivity index (χ3n) is 4.74. The van der Waals surface area contributed by atoms with Crippen molar-refractivity contribution in [2.45, 2.75) is 57.2 Å². The number of nitrogens with zero attached hydrogens (tertiary/aromatic N) is 1. The molecule has 1 aliphatic carbocycles. The molecular weight excluding hydrogens is 230 g/mol. The first kappa shape index (κ1) is 13.8. The summed E-state index contributed by atoms with van der Waals surface area (Å²) in [6, 6.07) is 0. The average molecular weight is 255 g/mol. The molecule has 4 nitrogen and oxygen atoms in total. The van der Waals surface area contributed by atoms with Crippen molar-refractivity contribution in [1.82, 2.24) is 4.90 Å². The lowest BCUT2D eigenvalue weighted by molar-refractivity contribution is -0.161. The van der Waals surface area contributed by atoms with Crippen molar-refractivity contribution in [3.8, 4) is 0 Å². The highest BCUT2D eigenvalue weighted by Gasteiger charge is 2.45. The molecule has 0 aromatic rings. The van der Waals surface area contributed by atoms with E-state index in [2.05, 4.69) is 0 Å². The molecule has 0 spiro atoms. The Morgan fingerprint density at radius 1 is 1.39 bits per heavy atom. The number of fused-ring (bicyclic) bond motifs is 1. The monoisotopic (exact) mass is 255 g/mol. The van der Waals surface area contributed by atoms with Gasteiger partial charge in [0.05, 0.1) is 5.60 Å². The summed E-state index contributed by atoms with van der Waals surface area (Å²) in [5, 5.41) is 10.6. The number of amides is 1. The van der Waals surface area contributed by atoms with E-state index in [-0.39, 0.29) is 11.8 Å². The van der Waals surface area contributed by atoms with Crippen molar-refractivity contribution in [2.75, 3.05) is 20.2 Å². The van der Waals surface area contributed by atoms with E-state index in [1.54, 1.807) is 21.0 Å². The fraction of sp³-hybridized carbons (Fsp3) is 0.929. The van der Waals surface area contributed by atoms with Crippen LogP contribution < -0.4 is 0 Å². The minimum absolute atomic E-state index is 0.0395. The summed E-state index contributed by atoms with van der Waals surface area (Å²) in [4.78, 5) is 14.2. The second-order valence-electron chi connectivity index (χ2n) is 6.26. The number of carbonyl (C=O) groups excluding carboxylic acids is 1. The van der Waals surface area contributed by atoms with E-state index < -0.39 is 11.2 Å². The number of ether oxygens (including phenoxy) is 1. The van der Waals surface area contributed by atoms with Crippen LogP contribution in [0.5, 0.6) is 0 Å². The Balaban J connectivity index is 2.05. The summed E-state index contributed by atoms with van der Waals surface area (Å²) in [6.07, 6.45) is 4.93. The molecule has 1 N–H and O–H groups in total. The van der Waals surface area contributed by atoms with Crippen LogP contribution in [0.2, 0.25) is 0 Å². The fourth-order valence-electron chi connectivity index (χ4n) is 3.22. The Bertz CT molecular complexity index is 329. The number of hydrogen-bond donors (Lipinski definition) is 1. The van der Waals surface area contributed by atoms with Gasteiger partial charge in [-0.2, -0.15) is 0 Å². The molecule has 4 heteroatoms. The van der Waals surface area contributed by atoms with Crippen molar-refractivity contribution < 1.29 is 14.6 Å². The average Bonchev–Trinajstić information content (AvgIpc) is 2.36. The Labute approximate surface area is 109 Å². The molecule has 2 unspecified atom stereocenters. The predicted molar refractivity (Wildman–Crippen MR) is 69.2 cm³/mol. The maximum atomic E-state index is 12.3. The molecule has 1 heterocycles. The minimum Gasteiger partial charge on any atom is -0.389 e. The molecule has 104 valence electrons. The zero-order chi connectivity index (χ0) is 13.4. The highest BCUT2D eigenvalue weighted by Crippen LogP contribution is 2.40. The largest absolute Gasteiger partial charge is 0.389 e. The highest BCUT2D eigenvalue weighted by molar-refractivity contribution is 5.84. The normalized spacial score (nSPS) is 33.1. The molecule has 2 rings (SSSR count). The van der Waals surface area contributed by atoms with Gasteiger partial charge >= 0.3 is 0 Å². The van der Waals surface area contributed by atoms with Crippen molar-refractivity contribution in [3.05, 3.63) is 0 Å². The van der Waals surface area contributed by atoms with Crippen LogP contribution in [0.25, 0.3) is 0 Å². The maximum absolute atomic E-state index is 12.3. The van der Waals surface area contributed by atoms with E-state index in [4.69, 9.17) is 4.74 Å². The van der Waals surface area contributed by atoms with Crippen LogP contribution in [0.15, 0.2) is 0 Å². The maximum Gasteiger partial charge on any atom is 0.254 e. The standard InChI is InChI=1S/C14H25NO3/c1-13(2,18-3)12(16)15-9-8-14(17)7-5-4-6-11(14)10-15/h11,17H,4-10H2,1-3H3. The second kappa shape index (κ2) is 4.82. The van der Waals surface area contributed by atoms with E-state index >= 15 is 0 Å². The fourth-order valence-corrected chi connectivity index (χ4v) is 3.22. The van der Waals surface area contributed by atoms with Crippen LogP contribution in [-0.4, -0.2) is 47.3 Å². The SMILES string of the molecule is COC(C)(C)C(=O)N1CCC2(O)CCCCC2C1. The van der Waals surface area contributed by atoms with E-state index in [1.807, 2.05) is 4.90 Å². The Hall–Kier alpha value is -0.610. The van der Waals surface area contributed by atoms with Crippen molar-refractivity contribution in [1.29, 1.82) is 0 Å². The summed E-state index contributed by atoms with van der Waals surface area (Å²) in [7, 11) is 1.57. The van der Waals surface area contributed by atoms with Gasteiger partial charge in [-0.3, -0.25) is 4.79 Å². The van der Waals surface area contributed by atoms with E-state index in [1.165, 1.54) is 6.42 Å². The number of methoxy groups -OCH3 is 1. The van der Waals surface area contributed by atoms with Gasteiger partial charge in [0.25, 0.3) is 5.91 Å². The zero-order valence-electron chi connectivity index (χ0n) is 11.7. The third-order valence-corrected chi connectivity index (χ3v) is 4.74. The summed E-state index contributed by atoms with van der Waals surface area (Å²) in [6.45, 7) is 4.94. The first-order chi connectivity index (χ1) is 8.39. The molecule has 0 aromatic heterocycles. The van der Waals surface area contributed by atoms with E-state index in [0.717, 1.165) is 19.3 Å². The lowest BCUT2D eigenvalue weighted by atomic mass is 9.71. The molecule has 2 fully saturated rings. The van der Waals surface area contributed by atoms with Gasteiger partial charge in [0.2, 0.25) is 0 Å². The molecule has 18 heavy (non-hydrogen) atoms. The lowest BCUT2D eigenvalue weighted by Gasteiger charge is -2.48. The van der Waals surface area contributed by atoms with Crippen LogP contribution in [0.4, 0.5) is 0 Å². The number of likely N-dealkylation sites (tertiary alicyclic amines) is 1. The van der Waals surface area contributed by atoms with Crippen molar-refractivity contribution in [3.63, 3.8) is 0 Å². The number of piperidine rings is 1. The molecular formula is C14H25NO3. The van der Waals surface area contributed by atoms with Crippen molar-refractivity contribution >= 4 is 5.91 Å². The molecule has 2 atom stereocenters. The van der Waals surface area contributed by atoms with Gasteiger partial charge < -0.3 is 14.7 Å². The third kappa shape index (κ3) is 2.41. The molecule has 1 saturated carbocycles. The van der Waals surface area contributed by atoms with Gasteiger partial charge in [-0.15, -0.1) is 0 Å². The predicted octanol–water partition coefficient (Wildman–Crippen LogP) is 1.56. The number of hydrogen-bond acceptors (Lipinski definition) is 3. The van der Waals surface area contributed by atoms with E-state index in [0.29, 0.717) is 19.5 Å². The first-order valence-corrected chi connectivity index (χ1v) is 6.96. The first-order valence-electron chi connectivity index (χ1n) is 6.96. The molecule has 1 amide bonds. The van der Waals surface area contributed by atoms with Crippen molar-refractivity contribution in [2.24, 2.45) is 5.92 Å². The topological polar surface area (TPSA) is 49.8 Å². The van der Waals surface area contributed by atoms with Gasteiger partial charge in [0, 0.05) is 26.1 Å². The smallest absolute Gasteiger partial charge is 0.254 e. The van der Waals surface area contributed by atoms with Crippen LogP contribution in [-0.2, 0) is 9.53 Å². The Morgan fingerprint density at radius 3 is 2.78 bits per heavy atom. The molecule has 0 bridgehead atoms. The van der Waals surface area contributed by atoms with Crippen LogP contribution in [0.1, 0.15) is 46.0 Å². The molecule has 1 aliphatic heterocycles.